The van der Waals surface area contributed by atoms with Gasteiger partial charge < -0.3 is 14.8 Å². The Morgan fingerprint density at radius 3 is 2.70 bits per heavy atom. The zero-order chi connectivity index (χ0) is 16.1. The highest BCUT2D eigenvalue weighted by atomic mass is 16.5. The van der Waals surface area contributed by atoms with Crippen LogP contribution in [0.4, 0.5) is 0 Å². The highest BCUT2D eigenvalue weighted by molar-refractivity contribution is 5.39. The minimum absolute atomic E-state index is 0.539. The first-order valence-corrected chi connectivity index (χ1v) is 8.26. The molecule has 1 aromatic carbocycles. The van der Waals surface area contributed by atoms with E-state index in [1.54, 1.807) is 0 Å². The van der Waals surface area contributed by atoms with Gasteiger partial charge in [-0.2, -0.15) is 0 Å². The lowest BCUT2D eigenvalue weighted by Gasteiger charge is -2.23. The van der Waals surface area contributed by atoms with Gasteiger partial charge in [-0.15, -0.1) is 0 Å². The summed E-state index contributed by atoms with van der Waals surface area (Å²) in [6.07, 6.45) is 2.42. The normalized spacial score (nSPS) is 17.7. The summed E-state index contributed by atoms with van der Waals surface area (Å²) in [5, 5.41) is 3.41. The Morgan fingerprint density at radius 2 is 1.96 bits per heavy atom. The Kier molecular flexibility index (Phi) is 5.13. The molecule has 122 valence electrons. The van der Waals surface area contributed by atoms with Gasteiger partial charge in [-0.25, -0.2) is 4.98 Å². The molecule has 1 atom stereocenters. The van der Waals surface area contributed by atoms with Gasteiger partial charge in [0, 0.05) is 18.2 Å². The molecular weight excluding hydrogens is 288 g/mol. The van der Waals surface area contributed by atoms with Crippen molar-refractivity contribution < 1.29 is 9.47 Å². The molecule has 4 nitrogen and oxygen atoms in total. The van der Waals surface area contributed by atoms with Crippen LogP contribution in [-0.2, 0) is 0 Å². The van der Waals surface area contributed by atoms with Crippen LogP contribution in [0.3, 0.4) is 0 Å². The smallest absolute Gasteiger partial charge is 0.262 e. The number of nitrogens with one attached hydrogen (secondary N) is 1. The standard InChI is InChI=1S/C19H24N2O2/c1-14-5-8-17(9-6-14)23-19-18(10-7-15(2)21-19)22-13-16-4-3-11-20-12-16/h5-10,16,20H,3-4,11-13H2,1-2H3. The van der Waals surface area contributed by atoms with Gasteiger partial charge in [0.25, 0.3) is 5.88 Å². The second-order valence-corrected chi connectivity index (χ2v) is 6.19. The van der Waals surface area contributed by atoms with Crippen molar-refractivity contribution in [3.63, 3.8) is 0 Å². The van der Waals surface area contributed by atoms with Crippen molar-refractivity contribution in [3.05, 3.63) is 47.7 Å². The molecule has 1 aliphatic heterocycles. The number of hydrogen-bond donors (Lipinski definition) is 1. The average molecular weight is 312 g/mol. The molecule has 1 unspecified atom stereocenters. The van der Waals surface area contributed by atoms with Crippen LogP contribution in [0.2, 0.25) is 0 Å². The molecule has 0 spiro atoms. The summed E-state index contributed by atoms with van der Waals surface area (Å²) < 4.78 is 11.9. The van der Waals surface area contributed by atoms with Gasteiger partial charge in [0.2, 0.25) is 0 Å². The molecule has 0 amide bonds. The molecule has 0 aliphatic carbocycles. The van der Waals surface area contributed by atoms with E-state index in [2.05, 4.69) is 17.2 Å². The third-order valence-corrected chi connectivity index (χ3v) is 4.07. The maximum absolute atomic E-state index is 6.00. The summed E-state index contributed by atoms with van der Waals surface area (Å²) in [4.78, 5) is 4.49. The SMILES string of the molecule is Cc1ccc(Oc2nc(C)ccc2OCC2CCCNC2)cc1. The van der Waals surface area contributed by atoms with Crippen molar-refractivity contribution in [2.24, 2.45) is 5.92 Å². The first-order valence-electron chi connectivity index (χ1n) is 8.26. The maximum atomic E-state index is 6.00. The lowest BCUT2D eigenvalue weighted by molar-refractivity contribution is 0.211. The predicted molar refractivity (Wildman–Crippen MR) is 91.3 cm³/mol. The second kappa shape index (κ2) is 7.47. The number of hydrogen-bond acceptors (Lipinski definition) is 4. The van der Waals surface area contributed by atoms with E-state index < -0.39 is 0 Å². The Labute approximate surface area is 137 Å². The van der Waals surface area contributed by atoms with Gasteiger partial charge in [0.1, 0.15) is 5.75 Å². The fourth-order valence-corrected chi connectivity index (χ4v) is 2.69. The first-order chi connectivity index (χ1) is 11.2. The summed E-state index contributed by atoms with van der Waals surface area (Å²) in [5.41, 5.74) is 2.12. The monoisotopic (exact) mass is 312 g/mol. The van der Waals surface area contributed by atoms with Crippen molar-refractivity contribution in [1.82, 2.24) is 10.3 Å². The number of ether oxygens (including phenoxy) is 2. The lowest BCUT2D eigenvalue weighted by Crippen LogP contribution is -2.33. The molecule has 1 saturated heterocycles. The Balaban J connectivity index is 1.70. The minimum atomic E-state index is 0.539. The zero-order valence-electron chi connectivity index (χ0n) is 13.8. The number of rotatable bonds is 5. The number of aryl methyl sites for hydroxylation is 2. The van der Waals surface area contributed by atoms with Crippen LogP contribution in [0.15, 0.2) is 36.4 Å². The summed E-state index contributed by atoms with van der Waals surface area (Å²) in [7, 11) is 0. The summed E-state index contributed by atoms with van der Waals surface area (Å²) >= 11 is 0. The van der Waals surface area contributed by atoms with Gasteiger partial charge in [0.15, 0.2) is 5.75 Å². The molecule has 0 bridgehead atoms. The van der Waals surface area contributed by atoms with Crippen LogP contribution in [0, 0.1) is 19.8 Å². The highest BCUT2D eigenvalue weighted by Gasteiger charge is 2.16. The number of nitrogens with zero attached hydrogens (tertiary/aromatic N) is 1. The van der Waals surface area contributed by atoms with Crippen molar-refractivity contribution in [2.45, 2.75) is 26.7 Å². The fourth-order valence-electron chi connectivity index (χ4n) is 2.69. The topological polar surface area (TPSA) is 43.4 Å². The second-order valence-electron chi connectivity index (χ2n) is 6.19. The summed E-state index contributed by atoms with van der Waals surface area (Å²) in [6, 6.07) is 11.9. The van der Waals surface area contributed by atoms with Crippen LogP contribution < -0.4 is 14.8 Å². The van der Waals surface area contributed by atoms with E-state index >= 15 is 0 Å². The van der Waals surface area contributed by atoms with E-state index in [9.17, 15) is 0 Å². The quantitative estimate of drug-likeness (QED) is 0.910. The first kappa shape index (κ1) is 15.8. The molecular formula is C19H24N2O2. The molecule has 1 aromatic heterocycles. The highest BCUT2D eigenvalue weighted by Crippen LogP contribution is 2.30. The van der Waals surface area contributed by atoms with Crippen molar-refractivity contribution in [3.8, 4) is 17.4 Å². The summed E-state index contributed by atoms with van der Waals surface area (Å²) in [6.45, 7) is 6.85. The van der Waals surface area contributed by atoms with Crippen molar-refractivity contribution >= 4 is 0 Å². The van der Waals surface area contributed by atoms with Crippen LogP contribution in [0.1, 0.15) is 24.1 Å². The van der Waals surface area contributed by atoms with Crippen LogP contribution in [-0.4, -0.2) is 24.7 Å². The minimum Gasteiger partial charge on any atom is -0.488 e. The number of pyridine rings is 1. The molecule has 23 heavy (non-hydrogen) atoms. The van der Waals surface area contributed by atoms with E-state index in [1.165, 1.54) is 18.4 Å². The Hall–Kier alpha value is -2.07. The number of benzene rings is 1. The fraction of sp³-hybridized carbons (Fsp3) is 0.421. The van der Waals surface area contributed by atoms with E-state index in [4.69, 9.17) is 9.47 Å². The molecule has 2 aromatic rings. The maximum Gasteiger partial charge on any atom is 0.262 e. The summed E-state index contributed by atoms with van der Waals surface area (Å²) in [5.74, 6) is 2.58. The van der Waals surface area contributed by atoms with Crippen molar-refractivity contribution in [2.75, 3.05) is 19.7 Å². The zero-order valence-corrected chi connectivity index (χ0v) is 13.8. The average Bonchev–Trinajstić information content (AvgIpc) is 2.57. The molecule has 2 heterocycles. The van der Waals surface area contributed by atoms with Gasteiger partial charge in [-0.1, -0.05) is 17.7 Å². The van der Waals surface area contributed by atoms with Crippen LogP contribution in [0.5, 0.6) is 17.4 Å². The van der Waals surface area contributed by atoms with E-state index in [1.807, 2.05) is 43.3 Å². The van der Waals surface area contributed by atoms with E-state index in [-0.39, 0.29) is 0 Å². The third-order valence-electron chi connectivity index (χ3n) is 4.07. The predicted octanol–water partition coefficient (Wildman–Crippen LogP) is 3.87. The Bertz CT molecular complexity index is 634. The molecule has 1 N–H and O–H groups in total. The molecule has 3 rings (SSSR count). The van der Waals surface area contributed by atoms with Gasteiger partial charge >= 0.3 is 0 Å². The number of aromatic nitrogens is 1. The lowest BCUT2D eigenvalue weighted by atomic mass is 10.0. The van der Waals surface area contributed by atoms with Gasteiger partial charge in [0.05, 0.1) is 6.61 Å². The van der Waals surface area contributed by atoms with Crippen LogP contribution in [0.25, 0.3) is 0 Å². The third kappa shape index (κ3) is 4.45. The van der Waals surface area contributed by atoms with Gasteiger partial charge in [-0.3, -0.25) is 0 Å². The molecule has 0 saturated carbocycles. The molecule has 1 aliphatic rings. The van der Waals surface area contributed by atoms with E-state index in [0.717, 1.165) is 24.5 Å². The molecule has 0 radical (unpaired) electrons. The molecule has 4 heteroatoms. The van der Waals surface area contributed by atoms with Crippen molar-refractivity contribution in [1.29, 1.82) is 0 Å². The number of piperidine rings is 1. The van der Waals surface area contributed by atoms with E-state index in [0.29, 0.717) is 24.2 Å². The molecule has 1 fully saturated rings. The van der Waals surface area contributed by atoms with Gasteiger partial charge in [-0.05, 0) is 57.5 Å². The largest absolute Gasteiger partial charge is 0.488 e. The Morgan fingerprint density at radius 1 is 1.13 bits per heavy atom. The van der Waals surface area contributed by atoms with Crippen LogP contribution >= 0.6 is 0 Å².